The summed E-state index contributed by atoms with van der Waals surface area (Å²) in [5.41, 5.74) is 0.587. The van der Waals surface area contributed by atoms with E-state index in [-0.39, 0.29) is 18.8 Å². The van der Waals surface area contributed by atoms with Crippen LogP contribution in [-0.2, 0) is 4.74 Å². The molecule has 1 aliphatic heterocycles. The fraction of sp³-hybridized carbons (Fsp3) is 0.609. The standard InChI is InChI=1S/C23H33FN4O5/c1-23(2,3)28(22(30)31)17-8-9-27(12-18(17)32-4)11-14(13-29)20-15(24)10-25-16-6-7-19(33-5)26-21(16)20/h6-7,10,14,17-18,29H,8-9,11-13H2,1-5H3,(H,30,31)/t14?,17-,18-/m0/s1. The van der Waals surface area contributed by atoms with Gasteiger partial charge >= 0.3 is 6.09 Å². The Morgan fingerprint density at radius 2 is 2.09 bits per heavy atom. The van der Waals surface area contributed by atoms with Crippen LogP contribution in [0.4, 0.5) is 9.18 Å². The third kappa shape index (κ3) is 5.34. The summed E-state index contributed by atoms with van der Waals surface area (Å²) < 4.78 is 25.8. The predicted octanol–water partition coefficient (Wildman–Crippen LogP) is 2.72. The monoisotopic (exact) mass is 464 g/mol. The van der Waals surface area contributed by atoms with Crippen LogP contribution in [0.2, 0.25) is 0 Å². The van der Waals surface area contributed by atoms with Crippen LogP contribution < -0.4 is 4.74 Å². The third-order valence-corrected chi connectivity index (χ3v) is 6.17. The van der Waals surface area contributed by atoms with Crippen LogP contribution in [0, 0.1) is 5.82 Å². The van der Waals surface area contributed by atoms with Crippen molar-refractivity contribution in [3.8, 4) is 5.88 Å². The maximum Gasteiger partial charge on any atom is 0.408 e. The maximum atomic E-state index is 14.9. The van der Waals surface area contributed by atoms with Crippen molar-refractivity contribution >= 4 is 17.1 Å². The van der Waals surface area contributed by atoms with Crippen molar-refractivity contribution in [2.75, 3.05) is 40.5 Å². The lowest BCUT2D eigenvalue weighted by atomic mass is 9.92. The van der Waals surface area contributed by atoms with E-state index in [2.05, 4.69) is 14.9 Å². The number of aromatic nitrogens is 2. The fourth-order valence-electron chi connectivity index (χ4n) is 4.69. The van der Waals surface area contributed by atoms with Gasteiger partial charge in [-0.3, -0.25) is 14.8 Å². The summed E-state index contributed by atoms with van der Waals surface area (Å²) >= 11 is 0. The number of carboxylic acid groups (broad SMARTS) is 1. The van der Waals surface area contributed by atoms with Crippen molar-refractivity contribution < 1.29 is 28.9 Å². The van der Waals surface area contributed by atoms with E-state index >= 15 is 0 Å². The van der Waals surface area contributed by atoms with Crippen LogP contribution in [0.3, 0.4) is 0 Å². The Balaban J connectivity index is 1.85. The molecular weight excluding hydrogens is 431 g/mol. The summed E-state index contributed by atoms with van der Waals surface area (Å²) in [6.07, 6.45) is 0.366. The molecule has 3 heterocycles. The molecule has 1 fully saturated rings. The second-order valence-corrected chi connectivity index (χ2v) is 9.33. The van der Waals surface area contributed by atoms with Gasteiger partial charge in [0, 0.05) is 49.8 Å². The largest absolute Gasteiger partial charge is 0.481 e. The number of amides is 1. The number of hydrogen-bond acceptors (Lipinski definition) is 7. The number of fused-ring (bicyclic) bond motifs is 1. The number of aliphatic hydroxyl groups is 1. The summed E-state index contributed by atoms with van der Waals surface area (Å²) in [5.74, 6) is -0.753. The molecule has 0 spiro atoms. The van der Waals surface area contributed by atoms with Gasteiger partial charge in [-0.05, 0) is 33.3 Å². The highest BCUT2D eigenvalue weighted by molar-refractivity contribution is 5.79. The molecule has 0 aliphatic carbocycles. The minimum atomic E-state index is -0.985. The first-order valence-electron chi connectivity index (χ1n) is 11.0. The first kappa shape index (κ1) is 25.1. The molecule has 0 saturated carbocycles. The second-order valence-electron chi connectivity index (χ2n) is 9.33. The van der Waals surface area contributed by atoms with E-state index in [9.17, 15) is 19.4 Å². The van der Waals surface area contributed by atoms with Crippen LogP contribution in [0.25, 0.3) is 11.0 Å². The molecular formula is C23H33FN4O5. The van der Waals surface area contributed by atoms with Gasteiger partial charge in [0.1, 0.15) is 5.82 Å². The van der Waals surface area contributed by atoms with Crippen molar-refractivity contribution in [1.29, 1.82) is 0 Å². The van der Waals surface area contributed by atoms with E-state index in [1.165, 1.54) is 12.0 Å². The van der Waals surface area contributed by atoms with Crippen molar-refractivity contribution in [1.82, 2.24) is 19.8 Å². The van der Waals surface area contributed by atoms with Gasteiger partial charge in [-0.2, -0.15) is 0 Å². The Hall–Kier alpha value is -2.56. The lowest BCUT2D eigenvalue weighted by Gasteiger charge is -2.47. The Labute approximate surface area is 193 Å². The normalized spacial score (nSPS) is 20.6. The number of likely N-dealkylation sites (tertiary alicyclic amines) is 1. The number of aliphatic hydroxyl groups excluding tert-OH is 1. The molecule has 0 aromatic carbocycles. The molecule has 1 amide bonds. The molecule has 1 aliphatic rings. The van der Waals surface area contributed by atoms with Crippen molar-refractivity contribution in [3.05, 3.63) is 29.7 Å². The third-order valence-electron chi connectivity index (χ3n) is 6.17. The van der Waals surface area contributed by atoms with Gasteiger partial charge in [-0.1, -0.05) is 0 Å². The summed E-state index contributed by atoms with van der Waals surface area (Å²) in [6, 6.07) is 3.06. The number of methoxy groups -OCH3 is 2. The number of halogens is 1. The molecule has 2 N–H and O–H groups in total. The van der Waals surface area contributed by atoms with Crippen LogP contribution in [0.1, 0.15) is 38.7 Å². The van der Waals surface area contributed by atoms with Gasteiger partial charge in [-0.25, -0.2) is 14.2 Å². The zero-order valence-electron chi connectivity index (χ0n) is 19.8. The molecule has 182 valence electrons. The van der Waals surface area contributed by atoms with Gasteiger partial charge < -0.3 is 19.7 Å². The molecule has 0 bridgehead atoms. The number of pyridine rings is 2. The number of piperidine rings is 1. The second kappa shape index (κ2) is 10.1. The predicted molar refractivity (Wildman–Crippen MR) is 121 cm³/mol. The number of nitrogens with zero attached hydrogens (tertiary/aromatic N) is 4. The van der Waals surface area contributed by atoms with Crippen LogP contribution in [0.15, 0.2) is 18.3 Å². The summed E-state index contributed by atoms with van der Waals surface area (Å²) in [5, 5.41) is 20.0. The molecule has 3 rings (SSSR count). The molecule has 1 unspecified atom stereocenters. The Morgan fingerprint density at radius 1 is 1.36 bits per heavy atom. The first-order valence-corrected chi connectivity index (χ1v) is 11.0. The minimum Gasteiger partial charge on any atom is -0.481 e. The van der Waals surface area contributed by atoms with Gasteiger partial charge in [0.25, 0.3) is 0 Å². The lowest BCUT2D eigenvalue weighted by molar-refractivity contribution is -0.0556. The molecule has 0 radical (unpaired) electrons. The number of ether oxygens (including phenoxy) is 2. The molecule has 1 saturated heterocycles. The Bertz CT molecular complexity index is 983. The lowest BCUT2D eigenvalue weighted by Crippen LogP contribution is -2.61. The zero-order valence-corrected chi connectivity index (χ0v) is 19.8. The molecule has 3 atom stereocenters. The van der Waals surface area contributed by atoms with E-state index in [0.717, 1.165) is 6.20 Å². The number of rotatable bonds is 7. The fourth-order valence-corrected chi connectivity index (χ4v) is 4.69. The molecule has 33 heavy (non-hydrogen) atoms. The summed E-state index contributed by atoms with van der Waals surface area (Å²) in [4.78, 5) is 24.0. The zero-order chi connectivity index (χ0) is 24.3. The summed E-state index contributed by atoms with van der Waals surface area (Å²) in [6.45, 7) is 6.71. The molecule has 9 nitrogen and oxygen atoms in total. The average molecular weight is 465 g/mol. The average Bonchev–Trinajstić information content (AvgIpc) is 2.77. The quantitative estimate of drug-likeness (QED) is 0.644. The topological polar surface area (TPSA) is 108 Å². The van der Waals surface area contributed by atoms with Crippen LogP contribution in [0.5, 0.6) is 5.88 Å². The van der Waals surface area contributed by atoms with Gasteiger partial charge in [-0.15, -0.1) is 0 Å². The van der Waals surface area contributed by atoms with E-state index in [4.69, 9.17) is 9.47 Å². The summed E-state index contributed by atoms with van der Waals surface area (Å²) in [7, 11) is 3.05. The van der Waals surface area contributed by atoms with Crippen LogP contribution in [-0.4, -0.2) is 94.2 Å². The molecule has 2 aromatic heterocycles. The Morgan fingerprint density at radius 3 is 2.67 bits per heavy atom. The first-order chi connectivity index (χ1) is 15.6. The van der Waals surface area contributed by atoms with Gasteiger partial charge in [0.15, 0.2) is 0 Å². The number of hydrogen-bond donors (Lipinski definition) is 2. The van der Waals surface area contributed by atoms with E-state index in [1.807, 2.05) is 20.8 Å². The highest BCUT2D eigenvalue weighted by atomic mass is 19.1. The van der Waals surface area contributed by atoms with Crippen molar-refractivity contribution in [2.45, 2.75) is 50.8 Å². The van der Waals surface area contributed by atoms with E-state index < -0.39 is 23.4 Å². The van der Waals surface area contributed by atoms with Crippen molar-refractivity contribution in [2.24, 2.45) is 0 Å². The van der Waals surface area contributed by atoms with Gasteiger partial charge in [0.2, 0.25) is 5.88 Å². The van der Waals surface area contributed by atoms with E-state index in [0.29, 0.717) is 48.5 Å². The van der Waals surface area contributed by atoms with Crippen LogP contribution >= 0.6 is 0 Å². The van der Waals surface area contributed by atoms with Gasteiger partial charge in [0.05, 0.1) is 43.1 Å². The van der Waals surface area contributed by atoms with E-state index in [1.54, 1.807) is 19.2 Å². The maximum absolute atomic E-state index is 14.9. The molecule has 10 heteroatoms. The number of carbonyl (C=O) groups is 1. The Kier molecular flexibility index (Phi) is 7.71. The molecule has 2 aromatic rings. The highest BCUT2D eigenvalue weighted by Gasteiger charge is 2.41. The van der Waals surface area contributed by atoms with Crippen molar-refractivity contribution in [3.63, 3.8) is 0 Å². The smallest absolute Gasteiger partial charge is 0.408 e. The minimum absolute atomic E-state index is 0.282. The highest BCUT2D eigenvalue weighted by Crippen LogP contribution is 2.31. The SMILES string of the molecule is COc1ccc2ncc(F)c(C(CO)CN3CC[C@H](N(C(=O)O)C(C)(C)C)[C@@H](OC)C3)c2n1.